The Labute approximate surface area is 156 Å². The number of hydrogen-bond acceptors (Lipinski definition) is 5. The summed E-state index contributed by atoms with van der Waals surface area (Å²) in [6.45, 7) is 6.36. The fourth-order valence-corrected chi connectivity index (χ4v) is 3.93. The molecular weight excluding hydrogens is 330 g/mol. The maximum atomic E-state index is 12.5. The lowest BCUT2D eigenvalue weighted by atomic mass is 9.85. The predicted octanol–water partition coefficient (Wildman–Crippen LogP) is 1.15. The second kappa shape index (κ2) is 8.84. The van der Waals surface area contributed by atoms with Gasteiger partial charge in [0.15, 0.2) is 0 Å². The fourth-order valence-electron chi connectivity index (χ4n) is 3.93. The van der Waals surface area contributed by atoms with E-state index in [1.807, 2.05) is 24.3 Å². The van der Waals surface area contributed by atoms with Gasteiger partial charge in [-0.2, -0.15) is 0 Å². The highest BCUT2D eigenvalue weighted by Gasteiger charge is 2.40. The van der Waals surface area contributed by atoms with E-state index in [-0.39, 0.29) is 11.4 Å². The van der Waals surface area contributed by atoms with Gasteiger partial charge in [0.05, 0.1) is 26.7 Å². The van der Waals surface area contributed by atoms with Crippen molar-refractivity contribution < 1.29 is 14.3 Å². The van der Waals surface area contributed by atoms with Gasteiger partial charge in [-0.15, -0.1) is 0 Å². The molecule has 3 rings (SSSR count). The van der Waals surface area contributed by atoms with Crippen molar-refractivity contribution in [2.24, 2.45) is 0 Å². The molecule has 1 N–H and O–H groups in total. The molecule has 0 spiro atoms. The van der Waals surface area contributed by atoms with E-state index in [0.29, 0.717) is 6.42 Å². The van der Waals surface area contributed by atoms with Crippen LogP contribution in [0, 0.1) is 0 Å². The molecule has 0 aliphatic carbocycles. The Morgan fingerprint density at radius 2 is 1.81 bits per heavy atom. The SMILES string of the molecule is COc1ccc(CC(=O)NCC2(N3CCOCC3)CCN(C)CC2)cc1. The number of morpholine rings is 1. The minimum absolute atomic E-state index is 0.0614. The van der Waals surface area contributed by atoms with Crippen molar-refractivity contribution in [3.05, 3.63) is 29.8 Å². The third-order valence-corrected chi connectivity index (χ3v) is 5.74. The highest BCUT2D eigenvalue weighted by molar-refractivity contribution is 5.78. The number of nitrogens with zero attached hydrogens (tertiary/aromatic N) is 2. The lowest BCUT2D eigenvalue weighted by Gasteiger charge is -2.49. The molecule has 2 saturated heterocycles. The Bertz CT molecular complexity index is 576. The van der Waals surface area contributed by atoms with Gasteiger partial charge in [-0.1, -0.05) is 12.1 Å². The highest BCUT2D eigenvalue weighted by atomic mass is 16.5. The number of likely N-dealkylation sites (tertiary alicyclic amines) is 1. The first-order valence-electron chi connectivity index (χ1n) is 9.52. The van der Waals surface area contributed by atoms with Crippen LogP contribution in [0.4, 0.5) is 0 Å². The summed E-state index contributed by atoms with van der Waals surface area (Å²) in [7, 11) is 3.82. The number of carbonyl (C=O) groups excluding carboxylic acids is 1. The van der Waals surface area contributed by atoms with Crippen LogP contribution >= 0.6 is 0 Å². The number of methoxy groups -OCH3 is 1. The second-order valence-electron chi connectivity index (χ2n) is 7.43. The number of nitrogens with one attached hydrogen (secondary N) is 1. The van der Waals surface area contributed by atoms with Crippen LogP contribution < -0.4 is 10.1 Å². The molecular formula is C20H31N3O3. The second-order valence-corrected chi connectivity index (χ2v) is 7.43. The van der Waals surface area contributed by atoms with E-state index >= 15 is 0 Å². The molecule has 1 aromatic carbocycles. The first-order valence-corrected chi connectivity index (χ1v) is 9.52. The molecule has 6 nitrogen and oxygen atoms in total. The third kappa shape index (κ3) is 4.75. The number of ether oxygens (including phenoxy) is 2. The van der Waals surface area contributed by atoms with Crippen LogP contribution in [0.2, 0.25) is 0 Å². The largest absolute Gasteiger partial charge is 0.497 e. The number of benzene rings is 1. The van der Waals surface area contributed by atoms with Crippen molar-refractivity contribution in [1.82, 2.24) is 15.1 Å². The normalized spacial score (nSPS) is 21.3. The van der Waals surface area contributed by atoms with E-state index < -0.39 is 0 Å². The molecule has 0 atom stereocenters. The molecule has 2 aliphatic heterocycles. The Balaban J connectivity index is 1.58. The minimum atomic E-state index is 0.0614. The molecule has 0 bridgehead atoms. The Hall–Kier alpha value is -1.63. The van der Waals surface area contributed by atoms with E-state index in [2.05, 4.69) is 22.2 Å². The van der Waals surface area contributed by atoms with Crippen LogP contribution in [0.1, 0.15) is 18.4 Å². The zero-order valence-electron chi connectivity index (χ0n) is 16.0. The van der Waals surface area contributed by atoms with Gasteiger partial charge in [0.2, 0.25) is 5.91 Å². The Kier molecular flexibility index (Phi) is 6.51. The highest BCUT2D eigenvalue weighted by Crippen LogP contribution is 2.29. The molecule has 2 aliphatic rings. The van der Waals surface area contributed by atoms with Crippen molar-refractivity contribution in [2.75, 3.05) is 60.1 Å². The molecule has 26 heavy (non-hydrogen) atoms. The van der Waals surface area contributed by atoms with Crippen LogP contribution in [-0.2, 0) is 16.0 Å². The summed E-state index contributed by atoms with van der Waals surface area (Å²) in [4.78, 5) is 17.4. The molecule has 1 amide bonds. The van der Waals surface area contributed by atoms with E-state index in [9.17, 15) is 4.79 Å². The van der Waals surface area contributed by atoms with Gasteiger partial charge in [-0.25, -0.2) is 0 Å². The average Bonchev–Trinajstić information content (AvgIpc) is 2.69. The topological polar surface area (TPSA) is 54.0 Å². The van der Waals surface area contributed by atoms with Crippen molar-refractivity contribution in [3.63, 3.8) is 0 Å². The molecule has 0 radical (unpaired) electrons. The third-order valence-electron chi connectivity index (χ3n) is 5.74. The smallest absolute Gasteiger partial charge is 0.224 e. The van der Waals surface area contributed by atoms with E-state index in [1.165, 1.54) is 0 Å². The lowest BCUT2D eigenvalue weighted by molar-refractivity contribution is -0.121. The minimum Gasteiger partial charge on any atom is -0.497 e. The number of amides is 1. The number of rotatable bonds is 6. The van der Waals surface area contributed by atoms with Gasteiger partial charge >= 0.3 is 0 Å². The van der Waals surface area contributed by atoms with Crippen molar-refractivity contribution in [1.29, 1.82) is 0 Å². The average molecular weight is 361 g/mol. The Morgan fingerprint density at radius 1 is 1.15 bits per heavy atom. The standard InChI is InChI=1S/C20H31N3O3/c1-22-9-7-20(8-10-22,23-11-13-26-14-12-23)16-21-19(24)15-17-3-5-18(25-2)6-4-17/h3-6H,7-16H2,1-2H3,(H,21,24). The van der Waals surface area contributed by atoms with Gasteiger partial charge in [0, 0.05) is 25.2 Å². The monoisotopic (exact) mass is 361 g/mol. The van der Waals surface area contributed by atoms with Crippen LogP contribution in [-0.4, -0.2) is 81.3 Å². The summed E-state index contributed by atoms with van der Waals surface area (Å²) < 4.78 is 10.7. The summed E-state index contributed by atoms with van der Waals surface area (Å²) in [6.07, 6.45) is 2.59. The van der Waals surface area contributed by atoms with Gasteiger partial charge in [-0.3, -0.25) is 9.69 Å². The van der Waals surface area contributed by atoms with Crippen molar-refractivity contribution in [2.45, 2.75) is 24.8 Å². The maximum Gasteiger partial charge on any atom is 0.224 e. The zero-order chi connectivity index (χ0) is 18.4. The molecule has 0 aromatic heterocycles. The van der Waals surface area contributed by atoms with Crippen LogP contribution in [0.25, 0.3) is 0 Å². The number of carbonyl (C=O) groups is 1. The summed E-state index contributed by atoms with van der Waals surface area (Å²) in [6, 6.07) is 7.70. The molecule has 2 fully saturated rings. The summed E-state index contributed by atoms with van der Waals surface area (Å²) in [5.74, 6) is 0.897. The molecule has 2 heterocycles. The van der Waals surface area contributed by atoms with E-state index in [4.69, 9.17) is 9.47 Å². The molecule has 6 heteroatoms. The number of hydrogen-bond donors (Lipinski definition) is 1. The van der Waals surface area contributed by atoms with Gasteiger partial charge < -0.3 is 19.7 Å². The summed E-state index contributed by atoms with van der Waals surface area (Å²) >= 11 is 0. The van der Waals surface area contributed by atoms with Gasteiger partial charge in [0.25, 0.3) is 0 Å². The first kappa shape index (κ1) is 19.1. The summed E-state index contributed by atoms with van der Waals surface area (Å²) in [5, 5.41) is 3.21. The molecule has 1 aromatic rings. The quantitative estimate of drug-likeness (QED) is 0.824. The molecule has 0 unspecified atom stereocenters. The van der Waals surface area contributed by atoms with E-state index in [0.717, 1.165) is 70.1 Å². The fraction of sp³-hybridized carbons (Fsp3) is 0.650. The van der Waals surface area contributed by atoms with Crippen LogP contribution in [0.3, 0.4) is 0 Å². The van der Waals surface area contributed by atoms with Crippen molar-refractivity contribution >= 4 is 5.91 Å². The molecule has 0 saturated carbocycles. The predicted molar refractivity (Wildman–Crippen MR) is 102 cm³/mol. The Morgan fingerprint density at radius 3 is 2.42 bits per heavy atom. The first-order chi connectivity index (χ1) is 12.6. The maximum absolute atomic E-state index is 12.5. The summed E-state index contributed by atoms with van der Waals surface area (Å²) in [5.41, 5.74) is 1.07. The number of piperidine rings is 1. The zero-order valence-corrected chi connectivity index (χ0v) is 16.0. The van der Waals surface area contributed by atoms with Crippen LogP contribution in [0.15, 0.2) is 24.3 Å². The van der Waals surface area contributed by atoms with Gasteiger partial charge in [-0.05, 0) is 50.7 Å². The van der Waals surface area contributed by atoms with Crippen LogP contribution in [0.5, 0.6) is 5.75 Å². The van der Waals surface area contributed by atoms with E-state index in [1.54, 1.807) is 7.11 Å². The lowest BCUT2D eigenvalue weighted by Crippen LogP contribution is -2.62. The van der Waals surface area contributed by atoms with Gasteiger partial charge in [0.1, 0.15) is 5.75 Å². The van der Waals surface area contributed by atoms with Crippen molar-refractivity contribution in [3.8, 4) is 5.75 Å². The molecule has 144 valence electrons.